The van der Waals surface area contributed by atoms with E-state index in [2.05, 4.69) is 50.3 Å². The first-order valence-corrected chi connectivity index (χ1v) is 14.9. The summed E-state index contributed by atoms with van der Waals surface area (Å²) in [4.78, 5) is 13.5. The van der Waals surface area contributed by atoms with Gasteiger partial charge in [0.05, 0.1) is 6.61 Å². The van der Waals surface area contributed by atoms with Gasteiger partial charge in [-0.3, -0.25) is 4.79 Å². The minimum Gasteiger partial charge on any atom is -0.365 e. The summed E-state index contributed by atoms with van der Waals surface area (Å²) in [6.45, 7) is 6.99. The number of Topliss-reactive ketones (excluding diaryl/α,β-unsaturated/α-hetero) is 1. The Hall–Kier alpha value is -2.30. The number of carbonyl (C=O) groups excluding carboxylic acids is 1. The van der Waals surface area contributed by atoms with E-state index in [0.29, 0.717) is 36.4 Å². The molecule has 208 valence electrons. The number of allylic oxidation sites excluding steroid dienone is 1. The summed E-state index contributed by atoms with van der Waals surface area (Å²) < 4.78 is 19.4. The number of hydrogen-bond donors (Lipinski definition) is 1. The molecule has 4 aliphatic rings. The Morgan fingerprint density at radius 1 is 0.949 bits per heavy atom. The molecular formula is C35H43FO3. The van der Waals surface area contributed by atoms with Gasteiger partial charge in [0.1, 0.15) is 11.6 Å². The lowest BCUT2D eigenvalue weighted by atomic mass is 9.44. The number of fused-ring (bicyclic) bond motifs is 5. The number of carbonyl (C=O) groups is 1. The quantitative estimate of drug-likeness (QED) is 0.306. The number of benzene rings is 2. The molecule has 39 heavy (non-hydrogen) atoms. The van der Waals surface area contributed by atoms with Crippen molar-refractivity contribution in [3.63, 3.8) is 0 Å². The van der Waals surface area contributed by atoms with Gasteiger partial charge in [0.25, 0.3) is 0 Å². The molecule has 3 fully saturated rings. The second kappa shape index (κ2) is 9.66. The van der Waals surface area contributed by atoms with Gasteiger partial charge in [-0.1, -0.05) is 68.0 Å². The fraction of sp³-hybridized carbons (Fsp3) is 0.571. The fourth-order valence-electron chi connectivity index (χ4n) is 9.61. The van der Waals surface area contributed by atoms with Crippen molar-refractivity contribution in [2.75, 3.05) is 0 Å². The SMILES string of the molecule is CC(=O)[C@@]1(Cc2ccccc2)CC[C@H]2[C@@H]3CC=C4CC(O)(OCc5ccc(F)cc5)CC[C@]4(C)[C@H]3CC[C@@]21C. The third-order valence-electron chi connectivity index (χ3n) is 11.9. The van der Waals surface area contributed by atoms with Crippen LogP contribution in [-0.2, 0) is 22.6 Å². The molecule has 1 N–H and O–H groups in total. The van der Waals surface area contributed by atoms with Gasteiger partial charge in [-0.05, 0) is 104 Å². The van der Waals surface area contributed by atoms with Crippen molar-refractivity contribution in [2.24, 2.45) is 34.0 Å². The molecule has 3 saturated carbocycles. The lowest BCUT2D eigenvalue weighted by molar-refractivity contribution is -0.231. The van der Waals surface area contributed by atoms with E-state index in [4.69, 9.17) is 4.74 Å². The summed E-state index contributed by atoms with van der Waals surface area (Å²) in [6.07, 6.45) is 10.7. The van der Waals surface area contributed by atoms with Gasteiger partial charge >= 0.3 is 0 Å². The van der Waals surface area contributed by atoms with E-state index < -0.39 is 5.79 Å². The van der Waals surface area contributed by atoms with E-state index in [-0.39, 0.29) is 28.7 Å². The molecule has 7 atom stereocenters. The minimum absolute atomic E-state index is 0.0191. The van der Waals surface area contributed by atoms with Crippen LogP contribution >= 0.6 is 0 Å². The zero-order valence-corrected chi connectivity index (χ0v) is 23.7. The van der Waals surface area contributed by atoms with Crippen molar-refractivity contribution in [2.45, 2.75) is 91.0 Å². The van der Waals surface area contributed by atoms with Crippen LogP contribution in [0.1, 0.15) is 83.3 Å². The maximum atomic E-state index is 13.5. The van der Waals surface area contributed by atoms with Crippen molar-refractivity contribution >= 4 is 5.78 Å². The number of hydrogen-bond acceptors (Lipinski definition) is 3. The van der Waals surface area contributed by atoms with Crippen molar-refractivity contribution in [1.82, 2.24) is 0 Å². The van der Waals surface area contributed by atoms with E-state index >= 15 is 0 Å². The van der Waals surface area contributed by atoms with Crippen LogP contribution in [0, 0.1) is 39.8 Å². The normalized spacial score (nSPS) is 39.3. The molecule has 4 aliphatic carbocycles. The highest BCUT2D eigenvalue weighted by Crippen LogP contribution is 2.70. The molecule has 0 aromatic heterocycles. The van der Waals surface area contributed by atoms with Crippen LogP contribution in [0.4, 0.5) is 4.39 Å². The maximum Gasteiger partial charge on any atom is 0.169 e. The zero-order chi connectivity index (χ0) is 27.5. The molecule has 0 bridgehead atoms. The second-order valence-corrected chi connectivity index (χ2v) is 13.6. The van der Waals surface area contributed by atoms with E-state index in [9.17, 15) is 14.3 Å². The first kappa shape index (κ1) is 26.9. The van der Waals surface area contributed by atoms with Gasteiger partial charge in [0.2, 0.25) is 0 Å². The smallest absolute Gasteiger partial charge is 0.169 e. The van der Waals surface area contributed by atoms with Crippen LogP contribution in [0.25, 0.3) is 0 Å². The lowest BCUT2D eigenvalue weighted by Crippen LogP contribution is -2.55. The third-order valence-corrected chi connectivity index (χ3v) is 11.9. The van der Waals surface area contributed by atoms with Crippen molar-refractivity contribution in [1.29, 1.82) is 0 Å². The molecule has 0 radical (unpaired) electrons. The average Bonchev–Trinajstić information content (AvgIpc) is 3.23. The van der Waals surface area contributed by atoms with E-state index in [1.54, 1.807) is 12.1 Å². The van der Waals surface area contributed by atoms with Gasteiger partial charge < -0.3 is 9.84 Å². The molecule has 2 aromatic carbocycles. The first-order valence-electron chi connectivity index (χ1n) is 14.9. The van der Waals surface area contributed by atoms with Crippen LogP contribution in [0.3, 0.4) is 0 Å². The Balaban J connectivity index is 1.22. The summed E-state index contributed by atoms with van der Waals surface area (Å²) in [5.74, 6) is 0.641. The van der Waals surface area contributed by atoms with E-state index in [1.165, 1.54) is 23.3 Å². The Morgan fingerprint density at radius 2 is 1.67 bits per heavy atom. The molecule has 2 aromatic rings. The maximum absolute atomic E-state index is 13.5. The molecule has 0 amide bonds. The summed E-state index contributed by atoms with van der Waals surface area (Å²) in [5.41, 5.74) is 3.30. The van der Waals surface area contributed by atoms with Crippen LogP contribution in [0.2, 0.25) is 0 Å². The topological polar surface area (TPSA) is 46.5 Å². The number of aliphatic hydroxyl groups is 1. The standard InChI is InChI=1S/C35H43FO3/c1-24(37)34(21-25-7-5-4-6-8-25)18-16-31-29-14-11-27-22-35(38,39-23-26-9-12-28(36)13-10-26)20-19-32(27,2)30(29)15-17-33(31,34)3/h4-13,29-31,38H,14-23H2,1-3H3/t29-,30+,31+,32+,33+,34+,35?/m1/s1. The Labute approximate surface area is 232 Å². The first-order chi connectivity index (χ1) is 18.6. The number of ether oxygens (including phenoxy) is 1. The van der Waals surface area contributed by atoms with Gasteiger partial charge in [0, 0.05) is 18.3 Å². The molecular weight excluding hydrogens is 487 g/mol. The molecule has 0 saturated heterocycles. The Kier molecular flexibility index (Phi) is 6.66. The Morgan fingerprint density at radius 3 is 2.38 bits per heavy atom. The molecule has 4 heteroatoms. The van der Waals surface area contributed by atoms with Crippen LogP contribution in [0.15, 0.2) is 66.2 Å². The molecule has 0 aliphatic heterocycles. The lowest BCUT2D eigenvalue weighted by Gasteiger charge is -2.60. The second-order valence-electron chi connectivity index (χ2n) is 13.6. The monoisotopic (exact) mass is 530 g/mol. The van der Waals surface area contributed by atoms with Crippen molar-refractivity contribution in [3.05, 3.63) is 83.2 Å². The molecule has 3 nitrogen and oxygen atoms in total. The molecule has 0 spiro atoms. The van der Waals surface area contributed by atoms with Crippen molar-refractivity contribution < 1.29 is 19.0 Å². The van der Waals surface area contributed by atoms with Gasteiger partial charge in [0.15, 0.2) is 5.79 Å². The van der Waals surface area contributed by atoms with Gasteiger partial charge in [-0.2, -0.15) is 0 Å². The summed E-state index contributed by atoms with van der Waals surface area (Å²) in [5, 5.41) is 11.4. The fourth-order valence-corrected chi connectivity index (χ4v) is 9.61. The van der Waals surface area contributed by atoms with Crippen LogP contribution in [-0.4, -0.2) is 16.7 Å². The highest BCUT2D eigenvalue weighted by atomic mass is 19.1. The highest BCUT2D eigenvalue weighted by molar-refractivity contribution is 5.84. The number of rotatable bonds is 6. The number of ketones is 1. The predicted octanol–water partition coefficient (Wildman–Crippen LogP) is 7.81. The van der Waals surface area contributed by atoms with Gasteiger partial charge in [-0.15, -0.1) is 0 Å². The summed E-state index contributed by atoms with van der Waals surface area (Å²) in [7, 11) is 0. The number of halogens is 1. The van der Waals surface area contributed by atoms with Gasteiger partial charge in [-0.25, -0.2) is 4.39 Å². The zero-order valence-electron chi connectivity index (χ0n) is 23.7. The van der Waals surface area contributed by atoms with Crippen LogP contribution in [0.5, 0.6) is 0 Å². The average molecular weight is 531 g/mol. The summed E-state index contributed by atoms with van der Waals surface area (Å²) in [6, 6.07) is 16.9. The molecule has 6 rings (SSSR count). The largest absolute Gasteiger partial charge is 0.365 e. The molecule has 0 heterocycles. The van der Waals surface area contributed by atoms with E-state index in [1.807, 2.05) is 6.92 Å². The minimum atomic E-state index is -1.18. The van der Waals surface area contributed by atoms with Crippen LogP contribution < -0.4 is 0 Å². The Bertz CT molecular complexity index is 1250. The summed E-state index contributed by atoms with van der Waals surface area (Å²) >= 11 is 0. The predicted molar refractivity (Wildman–Crippen MR) is 151 cm³/mol. The van der Waals surface area contributed by atoms with E-state index in [0.717, 1.165) is 50.5 Å². The highest BCUT2D eigenvalue weighted by Gasteiger charge is 2.65. The molecule has 1 unspecified atom stereocenters. The van der Waals surface area contributed by atoms with Crippen molar-refractivity contribution in [3.8, 4) is 0 Å². The third kappa shape index (κ3) is 4.34.